The highest BCUT2D eigenvalue weighted by atomic mass is 16.6. The Hall–Kier alpha value is -1.07. The number of nitrogens with one attached hydrogen (secondary N) is 1. The topological polar surface area (TPSA) is 71.1 Å². The number of ether oxygens (including phenoxy) is 2. The number of hydrogen-bond acceptors (Lipinski definition) is 3. The van der Waals surface area contributed by atoms with Gasteiger partial charge in [0, 0.05) is 0 Å². The van der Waals surface area contributed by atoms with Crippen LogP contribution in [0.15, 0.2) is 12.7 Å². The Bertz CT molecular complexity index is 191. The van der Waals surface area contributed by atoms with Crippen LogP contribution in [0.5, 0.6) is 0 Å². The van der Waals surface area contributed by atoms with Gasteiger partial charge in [0.1, 0.15) is 6.10 Å². The van der Waals surface area contributed by atoms with E-state index in [9.17, 15) is 4.79 Å². The van der Waals surface area contributed by atoms with Crippen LogP contribution in [0.3, 0.4) is 0 Å². The standard InChI is InChI=1S/C8H13NO4/c1-2-3-12-4-6(7-5-13-7)9-8(10)11/h2,6-7,9H,1,3-5H2,(H,10,11)/t6-,7+/m0/s1. The van der Waals surface area contributed by atoms with E-state index in [0.29, 0.717) is 19.8 Å². The smallest absolute Gasteiger partial charge is 0.405 e. The number of hydrogen-bond donors (Lipinski definition) is 2. The van der Waals surface area contributed by atoms with Crippen molar-refractivity contribution in [2.75, 3.05) is 19.8 Å². The van der Waals surface area contributed by atoms with E-state index >= 15 is 0 Å². The van der Waals surface area contributed by atoms with E-state index in [1.54, 1.807) is 6.08 Å². The van der Waals surface area contributed by atoms with Gasteiger partial charge >= 0.3 is 6.09 Å². The molecule has 0 bridgehead atoms. The van der Waals surface area contributed by atoms with Crippen molar-refractivity contribution in [3.8, 4) is 0 Å². The highest BCUT2D eigenvalue weighted by molar-refractivity contribution is 5.65. The van der Waals surface area contributed by atoms with Crippen LogP contribution in [0.25, 0.3) is 0 Å². The first-order valence-electron chi connectivity index (χ1n) is 4.03. The van der Waals surface area contributed by atoms with Crippen molar-refractivity contribution in [1.82, 2.24) is 5.32 Å². The fourth-order valence-corrected chi connectivity index (χ4v) is 0.967. The summed E-state index contributed by atoms with van der Waals surface area (Å²) in [6.07, 6.45) is 0.537. The maximum Gasteiger partial charge on any atom is 0.405 e. The summed E-state index contributed by atoms with van der Waals surface area (Å²) in [5, 5.41) is 10.8. The van der Waals surface area contributed by atoms with Gasteiger partial charge in [-0.3, -0.25) is 0 Å². The maximum absolute atomic E-state index is 10.3. The number of rotatable bonds is 6. The molecule has 74 valence electrons. The molecule has 0 spiro atoms. The molecule has 1 aliphatic rings. The zero-order valence-electron chi connectivity index (χ0n) is 7.23. The van der Waals surface area contributed by atoms with Gasteiger partial charge in [-0.05, 0) is 0 Å². The first-order valence-corrected chi connectivity index (χ1v) is 4.03. The molecule has 1 heterocycles. The van der Waals surface area contributed by atoms with E-state index < -0.39 is 6.09 Å². The van der Waals surface area contributed by atoms with Gasteiger partial charge < -0.3 is 19.9 Å². The number of carboxylic acid groups (broad SMARTS) is 1. The van der Waals surface area contributed by atoms with Gasteiger partial charge in [-0.25, -0.2) is 4.79 Å². The molecule has 0 unspecified atom stereocenters. The number of amides is 1. The summed E-state index contributed by atoms with van der Waals surface area (Å²) in [5.74, 6) is 0. The lowest BCUT2D eigenvalue weighted by atomic mass is 10.2. The molecule has 13 heavy (non-hydrogen) atoms. The summed E-state index contributed by atoms with van der Waals surface area (Å²) in [5.41, 5.74) is 0. The second kappa shape index (κ2) is 4.84. The molecule has 1 fully saturated rings. The zero-order valence-corrected chi connectivity index (χ0v) is 7.23. The van der Waals surface area contributed by atoms with Crippen molar-refractivity contribution in [2.24, 2.45) is 0 Å². The third-order valence-corrected chi connectivity index (χ3v) is 1.65. The second-order valence-corrected chi connectivity index (χ2v) is 2.75. The largest absolute Gasteiger partial charge is 0.465 e. The van der Waals surface area contributed by atoms with E-state index in [0.717, 1.165) is 0 Å². The van der Waals surface area contributed by atoms with Gasteiger partial charge in [0.2, 0.25) is 0 Å². The Kier molecular flexibility index (Phi) is 3.72. The molecule has 1 amide bonds. The third kappa shape index (κ3) is 3.91. The van der Waals surface area contributed by atoms with Crippen molar-refractivity contribution in [1.29, 1.82) is 0 Å². The minimum Gasteiger partial charge on any atom is -0.465 e. The highest BCUT2D eigenvalue weighted by Crippen LogP contribution is 2.14. The Morgan fingerprint density at radius 1 is 1.92 bits per heavy atom. The van der Waals surface area contributed by atoms with E-state index in [-0.39, 0.29) is 12.1 Å². The van der Waals surface area contributed by atoms with Crippen molar-refractivity contribution >= 4 is 6.09 Å². The van der Waals surface area contributed by atoms with Gasteiger partial charge in [0.25, 0.3) is 0 Å². The monoisotopic (exact) mass is 187 g/mol. The molecule has 1 saturated heterocycles. The highest BCUT2D eigenvalue weighted by Gasteiger charge is 2.33. The van der Waals surface area contributed by atoms with Crippen LogP contribution in [-0.4, -0.2) is 43.2 Å². The van der Waals surface area contributed by atoms with Crippen LogP contribution in [-0.2, 0) is 9.47 Å². The lowest BCUT2D eigenvalue weighted by molar-refractivity contribution is 0.118. The molecule has 0 aromatic heterocycles. The second-order valence-electron chi connectivity index (χ2n) is 2.75. The Morgan fingerprint density at radius 3 is 3.08 bits per heavy atom. The van der Waals surface area contributed by atoms with Crippen LogP contribution in [0, 0.1) is 0 Å². The molecule has 0 aromatic rings. The molecule has 2 atom stereocenters. The van der Waals surface area contributed by atoms with Crippen LogP contribution < -0.4 is 5.32 Å². The van der Waals surface area contributed by atoms with Crippen molar-refractivity contribution in [3.05, 3.63) is 12.7 Å². The molecule has 0 saturated carbocycles. The Labute approximate surface area is 76.3 Å². The SMILES string of the molecule is C=CCOC[C@H](NC(=O)O)[C@H]1CO1. The first kappa shape index (κ1) is 10.0. The molecule has 1 rings (SSSR count). The van der Waals surface area contributed by atoms with Gasteiger partial charge in [-0.2, -0.15) is 0 Å². The molecule has 0 radical (unpaired) electrons. The summed E-state index contributed by atoms with van der Waals surface area (Å²) < 4.78 is 10.1. The predicted octanol–water partition coefficient (Wildman–Crippen LogP) is 0.224. The predicted molar refractivity (Wildman–Crippen MR) is 45.7 cm³/mol. The summed E-state index contributed by atoms with van der Waals surface area (Å²) in [7, 11) is 0. The van der Waals surface area contributed by atoms with E-state index in [1.807, 2.05) is 0 Å². The van der Waals surface area contributed by atoms with E-state index in [1.165, 1.54) is 0 Å². The Morgan fingerprint density at radius 2 is 2.62 bits per heavy atom. The maximum atomic E-state index is 10.3. The Balaban J connectivity index is 2.21. The van der Waals surface area contributed by atoms with Crippen molar-refractivity contribution in [2.45, 2.75) is 12.1 Å². The van der Waals surface area contributed by atoms with Gasteiger partial charge in [-0.15, -0.1) is 6.58 Å². The molecule has 0 aliphatic carbocycles. The number of epoxide rings is 1. The van der Waals surface area contributed by atoms with Crippen LogP contribution in [0.2, 0.25) is 0 Å². The minimum absolute atomic E-state index is 0.0269. The summed E-state index contributed by atoms with van der Waals surface area (Å²) in [4.78, 5) is 10.3. The zero-order chi connectivity index (χ0) is 9.68. The minimum atomic E-state index is -1.05. The average Bonchev–Trinajstić information content (AvgIpc) is 2.84. The first-order chi connectivity index (χ1) is 6.24. The normalized spacial score (nSPS) is 22.0. The average molecular weight is 187 g/mol. The summed E-state index contributed by atoms with van der Waals surface area (Å²) in [6, 6.07) is -0.266. The van der Waals surface area contributed by atoms with E-state index in [2.05, 4.69) is 11.9 Å². The quantitative estimate of drug-likeness (QED) is 0.354. The fraction of sp³-hybridized carbons (Fsp3) is 0.625. The molecular formula is C8H13NO4. The molecule has 5 heteroatoms. The lowest BCUT2D eigenvalue weighted by Gasteiger charge is -2.13. The number of carbonyl (C=O) groups is 1. The summed E-state index contributed by atoms with van der Waals surface area (Å²) >= 11 is 0. The van der Waals surface area contributed by atoms with Gasteiger partial charge in [-0.1, -0.05) is 6.08 Å². The lowest BCUT2D eigenvalue weighted by Crippen LogP contribution is -2.41. The van der Waals surface area contributed by atoms with Crippen LogP contribution in [0.1, 0.15) is 0 Å². The summed E-state index contributed by atoms with van der Waals surface area (Å²) in [6.45, 7) is 4.83. The van der Waals surface area contributed by atoms with Crippen LogP contribution in [0.4, 0.5) is 4.79 Å². The molecule has 2 N–H and O–H groups in total. The molecule has 0 aromatic carbocycles. The van der Waals surface area contributed by atoms with Crippen LogP contribution >= 0.6 is 0 Å². The van der Waals surface area contributed by atoms with Crippen molar-refractivity contribution < 1.29 is 19.4 Å². The molecular weight excluding hydrogens is 174 g/mol. The van der Waals surface area contributed by atoms with Gasteiger partial charge in [0.15, 0.2) is 0 Å². The van der Waals surface area contributed by atoms with E-state index in [4.69, 9.17) is 14.6 Å². The molecule has 1 aliphatic heterocycles. The van der Waals surface area contributed by atoms with Crippen molar-refractivity contribution in [3.63, 3.8) is 0 Å². The molecule has 5 nitrogen and oxygen atoms in total. The third-order valence-electron chi connectivity index (χ3n) is 1.65. The fourth-order valence-electron chi connectivity index (χ4n) is 0.967. The van der Waals surface area contributed by atoms with Gasteiger partial charge in [0.05, 0.1) is 25.9 Å².